The average molecular weight is 613 g/mol. The van der Waals surface area contributed by atoms with Crippen LogP contribution in [0.4, 0.5) is 5.95 Å². The molecule has 1 aliphatic rings. The fourth-order valence-corrected chi connectivity index (χ4v) is 6.69. The summed E-state index contributed by atoms with van der Waals surface area (Å²) in [6.45, 7) is -0.959. The molecule has 19 nitrogen and oxygen atoms in total. The van der Waals surface area contributed by atoms with Crippen LogP contribution in [0.1, 0.15) is 11.8 Å². The predicted molar refractivity (Wildman–Crippen MR) is 127 cm³/mol. The molecule has 0 spiro atoms. The topological polar surface area (TPSA) is 288 Å². The number of H-pyrrole nitrogens is 1. The molecule has 0 radical (unpaired) electrons. The highest BCUT2D eigenvalue weighted by molar-refractivity contribution is 7.66. The van der Waals surface area contributed by atoms with Crippen molar-refractivity contribution in [2.45, 2.75) is 31.1 Å². The number of nitrogens with zero attached hydrogens (tertiary/aromatic N) is 3. The quantitative estimate of drug-likeness (QED) is 0.139. The lowest BCUT2D eigenvalue weighted by Crippen LogP contribution is -2.36. The normalized spacial score (nSPS) is 24.9. The van der Waals surface area contributed by atoms with Gasteiger partial charge in [-0.3, -0.25) is 18.9 Å². The number of aromatic amines is 1. The lowest BCUT2D eigenvalue weighted by Gasteiger charge is -2.22. The smallest absolute Gasteiger partial charge is 0.386 e. The zero-order valence-corrected chi connectivity index (χ0v) is 22.0. The van der Waals surface area contributed by atoms with E-state index in [9.17, 15) is 33.4 Å². The van der Waals surface area contributed by atoms with E-state index in [2.05, 4.69) is 28.1 Å². The maximum Gasteiger partial charge on any atom is 0.490 e. The second-order valence-electron chi connectivity index (χ2n) is 7.98. The van der Waals surface area contributed by atoms with Crippen molar-refractivity contribution in [1.82, 2.24) is 19.5 Å². The number of fused-ring (bicyclic) bond motifs is 1. The molecule has 3 aromatic rings. The number of aliphatic hydroxyl groups is 1. The number of ether oxygens (including phenoxy) is 2. The van der Waals surface area contributed by atoms with Gasteiger partial charge in [0.05, 0.1) is 19.5 Å². The number of rotatable bonds is 11. The van der Waals surface area contributed by atoms with Crippen LogP contribution in [0.2, 0.25) is 0 Å². The number of nitrogens with two attached hydrogens (primary N) is 1. The Hall–Kier alpha value is -2.34. The molecule has 6 atom stereocenters. The molecule has 0 aliphatic carbocycles. The summed E-state index contributed by atoms with van der Waals surface area (Å²) in [6.07, 6.45) is -4.32. The maximum atomic E-state index is 12.2. The molecule has 0 amide bonds. The summed E-state index contributed by atoms with van der Waals surface area (Å²) >= 11 is 0. The highest BCUT2D eigenvalue weighted by Crippen LogP contribution is 2.66. The Morgan fingerprint density at radius 2 is 1.77 bits per heavy atom. The van der Waals surface area contributed by atoms with E-state index in [-0.39, 0.29) is 23.7 Å². The summed E-state index contributed by atoms with van der Waals surface area (Å²) < 4.78 is 59.4. The van der Waals surface area contributed by atoms with Crippen molar-refractivity contribution in [1.29, 1.82) is 0 Å². The second-order valence-corrected chi connectivity index (χ2v) is 12.4. The third-order valence-corrected chi connectivity index (χ3v) is 8.94. The first-order valence-electron chi connectivity index (χ1n) is 10.6. The predicted octanol–water partition coefficient (Wildman–Crippen LogP) is -0.111. The van der Waals surface area contributed by atoms with Crippen LogP contribution in [-0.2, 0) is 42.9 Å². The van der Waals surface area contributed by atoms with E-state index in [1.165, 1.54) is 4.57 Å². The van der Waals surface area contributed by atoms with Crippen molar-refractivity contribution in [3.8, 4) is 0 Å². The van der Waals surface area contributed by atoms with E-state index in [0.717, 1.165) is 6.33 Å². The molecule has 2 aromatic heterocycles. The van der Waals surface area contributed by atoms with Gasteiger partial charge in [0, 0.05) is 0 Å². The number of imidazole rings is 1. The molecule has 1 fully saturated rings. The molecule has 214 valence electrons. The summed E-state index contributed by atoms with van der Waals surface area (Å²) in [5, 5.41) is 11.1. The molecule has 39 heavy (non-hydrogen) atoms. The number of phosphoric ester groups is 1. The number of hydrogen-bond donors (Lipinski definition) is 7. The largest absolute Gasteiger partial charge is 0.490 e. The Balaban J connectivity index is 1.56. The minimum Gasteiger partial charge on any atom is -0.386 e. The van der Waals surface area contributed by atoms with Gasteiger partial charge in [-0.2, -0.15) is 13.6 Å². The Morgan fingerprint density at radius 3 is 2.44 bits per heavy atom. The molecular weight excluding hydrogens is 591 g/mol. The molecule has 1 saturated heterocycles. The highest BCUT2D eigenvalue weighted by Gasteiger charge is 2.48. The number of nitrogen functional groups attached to an aromatic ring is 1. The summed E-state index contributed by atoms with van der Waals surface area (Å²) in [4.78, 5) is 58.8. The first-order chi connectivity index (χ1) is 18.1. The zero-order valence-electron chi connectivity index (χ0n) is 19.4. The minimum atomic E-state index is -5.75. The third kappa shape index (κ3) is 7.45. The van der Waals surface area contributed by atoms with Crippen molar-refractivity contribution in [2.75, 3.05) is 12.3 Å². The Labute approximate surface area is 217 Å². The fourth-order valence-electron chi connectivity index (χ4n) is 3.66. The SMILES string of the molecule is Nc1nc2c(ncn2[C@@H]2O[C@H](COP(=O)(O)OP(=O)(O)OP(=O)(O)O)[C@@H](OCc3ccccc3)[C@H]2O)c(=O)[nH]1. The molecule has 1 aromatic carbocycles. The van der Waals surface area contributed by atoms with Crippen LogP contribution in [0.5, 0.6) is 0 Å². The van der Waals surface area contributed by atoms with Gasteiger partial charge in [0.25, 0.3) is 5.56 Å². The van der Waals surface area contributed by atoms with Crippen LogP contribution >= 0.6 is 23.5 Å². The van der Waals surface area contributed by atoms with Crippen LogP contribution in [-0.4, -0.2) is 69.1 Å². The van der Waals surface area contributed by atoms with Gasteiger partial charge in [0.15, 0.2) is 17.4 Å². The number of aliphatic hydroxyl groups excluding tert-OH is 1. The number of hydrogen-bond acceptors (Lipinski definition) is 13. The lowest BCUT2D eigenvalue weighted by molar-refractivity contribution is -0.0639. The number of nitrogens with one attached hydrogen (secondary N) is 1. The summed E-state index contributed by atoms with van der Waals surface area (Å²) in [6, 6.07) is 8.69. The van der Waals surface area contributed by atoms with Crippen molar-refractivity contribution < 1.29 is 61.0 Å². The zero-order chi connectivity index (χ0) is 28.6. The molecule has 1 aliphatic heterocycles. The third-order valence-electron chi connectivity index (χ3n) is 5.14. The molecule has 2 unspecified atom stereocenters. The molecule has 0 bridgehead atoms. The van der Waals surface area contributed by atoms with E-state index < -0.39 is 60.2 Å². The fraction of sp³-hybridized carbons (Fsp3) is 0.353. The number of anilines is 1. The van der Waals surface area contributed by atoms with Crippen molar-refractivity contribution in [3.05, 3.63) is 52.6 Å². The highest BCUT2D eigenvalue weighted by atomic mass is 31.3. The van der Waals surface area contributed by atoms with Gasteiger partial charge < -0.3 is 39.9 Å². The van der Waals surface area contributed by atoms with Gasteiger partial charge in [-0.15, -0.1) is 0 Å². The van der Waals surface area contributed by atoms with E-state index >= 15 is 0 Å². The van der Waals surface area contributed by atoms with Gasteiger partial charge in [-0.05, 0) is 5.56 Å². The lowest BCUT2D eigenvalue weighted by atomic mass is 10.1. The van der Waals surface area contributed by atoms with Gasteiger partial charge in [0.1, 0.15) is 18.3 Å². The second kappa shape index (κ2) is 11.3. The minimum absolute atomic E-state index is 0.0556. The van der Waals surface area contributed by atoms with Gasteiger partial charge >= 0.3 is 23.5 Å². The van der Waals surface area contributed by atoms with E-state index in [1.54, 1.807) is 30.3 Å². The van der Waals surface area contributed by atoms with Gasteiger partial charge in [-0.25, -0.2) is 18.7 Å². The summed E-state index contributed by atoms with van der Waals surface area (Å²) in [5.41, 5.74) is 5.45. The monoisotopic (exact) mass is 613 g/mol. The molecule has 3 heterocycles. The Morgan fingerprint density at radius 1 is 1.08 bits per heavy atom. The van der Waals surface area contributed by atoms with Crippen molar-refractivity contribution in [2.24, 2.45) is 0 Å². The van der Waals surface area contributed by atoms with Gasteiger partial charge in [0.2, 0.25) is 5.95 Å². The number of aromatic nitrogens is 4. The van der Waals surface area contributed by atoms with Crippen LogP contribution in [0, 0.1) is 0 Å². The number of benzene rings is 1. The average Bonchev–Trinajstić information content (AvgIpc) is 3.35. The maximum absolute atomic E-state index is 12.2. The Kier molecular flexibility index (Phi) is 8.56. The van der Waals surface area contributed by atoms with Crippen molar-refractivity contribution in [3.63, 3.8) is 0 Å². The molecular formula is C17H22N5O14P3. The number of phosphoric acid groups is 3. The van der Waals surface area contributed by atoms with E-state index in [0.29, 0.717) is 5.56 Å². The van der Waals surface area contributed by atoms with E-state index in [1.807, 2.05) is 0 Å². The first kappa shape index (κ1) is 29.6. The van der Waals surface area contributed by atoms with Crippen LogP contribution in [0.25, 0.3) is 11.2 Å². The first-order valence-corrected chi connectivity index (χ1v) is 15.2. The molecule has 4 rings (SSSR count). The van der Waals surface area contributed by atoms with E-state index in [4.69, 9.17) is 25.0 Å². The van der Waals surface area contributed by atoms with Crippen LogP contribution in [0.15, 0.2) is 41.5 Å². The van der Waals surface area contributed by atoms with Crippen LogP contribution < -0.4 is 11.3 Å². The molecule has 8 N–H and O–H groups in total. The van der Waals surface area contributed by atoms with Crippen molar-refractivity contribution >= 4 is 40.6 Å². The van der Waals surface area contributed by atoms with Gasteiger partial charge in [-0.1, -0.05) is 30.3 Å². The summed E-state index contributed by atoms with van der Waals surface area (Å²) in [5.74, 6) is -0.247. The summed E-state index contributed by atoms with van der Waals surface area (Å²) in [7, 11) is -16.8. The standard InChI is InChI=1S/C17H22N5O14P3/c18-17-20-14-11(15(24)21-17)19-8-22(14)16-12(23)13(32-6-9-4-2-1-3-5-9)10(34-16)7-33-38(28,29)36-39(30,31)35-37(25,26)27/h1-5,8,10,12-13,16,23H,6-7H2,(H,28,29)(H,30,31)(H2,25,26,27)(H3,18,20,21,24)/t10-,12-,13-,16-/m1/s1. The molecule has 22 heteroatoms. The Bertz CT molecular complexity index is 1530. The molecule has 0 saturated carbocycles. The van der Waals surface area contributed by atoms with Crippen LogP contribution in [0.3, 0.4) is 0 Å².